The minimum atomic E-state index is -1.17. The van der Waals surface area contributed by atoms with Gasteiger partial charge in [0.2, 0.25) is 5.91 Å². The number of hydrogen-bond donors (Lipinski definition) is 3. The fourth-order valence-corrected chi connectivity index (χ4v) is 1.24. The zero-order chi connectivity index (χ0) is 11.6. The molecule has 0 amide bonds. The Morgan fingerprint density at radius 3 is 2.00 bits per heavy atom. The molecule has 0 atom stereocenters. The van der Waals surface area contributed by atoms with E-state index in [0.717, 1.165) is 19.3 Å². The van der Waals surface area contributed by atoms with Crippen LogP contribution in [-0.2, 0) is 9.47 Å². The summed E-state index contributed by atoms with van der Waals surface area (Å²) >= 11 is 0. The van der Waals surface area contributed by atoms with Crippen LogP contribution in [-0.4, -0.2) is 42.6 Å². The van der Waals surface area contributed by atoms with Crippen LogP contribution in [0.4, 0.5) is 0 Å². The highest BCUT2D eigenvalue weighted by atomic mass is 16.7. The van der Waals surface area contributed by atoms with Gasteiger partial charge in [-0.2, -0.15) is 0 Å². The van der Waals surface area contributed by atoms with Crippen molar-refractivity contribution < 1.29 is 19.7 Å². The van der Waals surface area contributed by atoms with Crippen LogP contribution in [0.1, 0.15) is 32.6 Å². The van der Waals surface area contributed by atoms with Crippen molar-refractivity contribution in [3.8, 4) is 0 Å². The smallest absolute Gasteiger partial charge is 0.224 e. The van der Waals surface area contributed by atoms with E-state index in [4.69, 9.17) is 25.4 Å². The first-order chi connectivity index (χ1) is 7.18. The standard InChI is InChI=1S/C10H23NO4/c1-2-3-4-5-10(11,14-8-6-12)15-9-7-13/h12-13H,2-9,11H2,1H3. The van der Waals surface area contributed by atoms with Gasteiger partial charge in [0.05, 0.1) is 26.4 Å². The summed E-state index contributed by atoms with van der Waals surface area (Å²) in [5.74, 6) is -1.17. The van der Waals surface area contributed by atoms with E-state index < -0.39 is 5.91 Å². The molecular formula is C10H23NO4. The van der Waals surface area contributed by atoms with Crippen LogP contribution < -0.4 is 5.73 Å². The second kappa shape index (κ2) is 9.06. The van der Waals surface area contributed by atoms with Crippen LogP contribution in [0.15, 0.2) is 0 Å². The predicted molar refractivity (Wildman–Crippen MR) is 57.1 cm³/mol. The summed E-state index contributed by atoms with van der Waals surface area (Å²) in [6.07, 6.45) is 3.63. The van der Waals surface area contributed by atoms with Gasteiger partial charge < -0.3 is 19.7 Å². The van der Waals surface area contributed by atoms with Crippen LogP contribution in [0.5, 0.6) is 0 Å². The first kappa shape index (κ1) is 14.8. The molecule has 0 aromatic rings. The summed E-state index contributed by atoms with van der Waals surface area (Å²) in [6, 6.07) is 0. The second-order valence-corrected chi connectivity index (χ2v) is 3.41. The topological polar surface area (TPSA) is 84.9 Å². The maximum atomic E-state index is 8.64. The van der Waals surface area contributed by atoms with Gasteiger partial charge in [0, 0.05) is 6.42 Å². The van der Waals surface area contributed by atoms with Gasteiger partial charge in [-0.3, -0.25) is 5.73 Å². The van der Waals surface area contributed by atoms with Crippen molar-refractivity contribution >= 4 is 0 Å². The summed E-state index contributed by atoms with van der Waals surface area (Å²) in [7, 11) is 0. The van der Waals surface area contributed by atoms with Gasteiger partial charge in [-0.15, -0.1) is 0 Å². The number of aliphatic hydroxyl groups excluding tert-OH is 2. The van der Waals surface area contributed by atoms with E-state index in [1.165, 1.54) is 0 Å². The molecule has 0 saturated heterocycles. The molecule has 0 fully saturated rings. The van der Waals surface area contributed by atoms with Crippen molar-refractivity contribution in [1.82, 2.24) is 0 Å². The lowest BCUT2D eigenvalue weighted by Crippen LogP contribution is -2.46. The minimum Gasteiger partial charge on any atom is -0.394 e. The lowest BCUT2D eigenvalue weighted by molar-refractivity contribution is -0.244. The molecule has 0 aliphatic carbocycles. The molecule has 0 spiro atoms. The summed E-state index contributed by atoms with van der Waals surface area (Å²) in [5.41, 5.74) is 5.84. The SMILES string of the molecule is CCCCCC(N)(OCCO)OCCO. The van der Waals surface area contributed by atoms with Crippen LogP contribution >= 0.6 is 0 Å². The van der Waals surface area contributed by atoms with Crippen LogP contribution in [0, 0.1) is 0 Å². The molecule has 15 heavy (non-hydrogen) atoms. The highest BCUT2D eigenvalue weighted by molar-refractivity contribution is 4.61. The lowest BCUT2D eigenvalue weighted by atomic mass is 10.1. The molecule has 0 heterocycles. The molecule has 92 valence electrons. The van der Waals surface area contributed by atoms with Crippen molar-refractivity contribution in [3.63, 3.8) is 0 Å². The minimum absolute atomic E-state index is 0.0881. The van der Waals surface area contributed by atoms with Crippen molar-refractivity contribution in [2.45, 2.75) is 38.5 Å². The zero-order valence-corrected chi connectivity index (χ0v) is 9.45. The number of unbranched alkanes of at least 4 members (excludes halogenated alkanes) is 2. The van der Waals surface area contributed by atoms with Crippen molar-refractivity contribution in [3.05, 3.63) is 0 Å². The molecular weight excluding hydrogens is 198 g/mol. The Labute approximate surface area is 91.2 Å². The van der Waals surface area contributed by atoms with Gasteiger partial charge in [-0.25, -0.2) is 0 Å². The third kappa shape index (κ3) is 7.70. The van der Waals surface area contributed by atoms with E-state index in [1.54, 1.807) is 0 Å². The van der Waals surface area contributed by atoms with Gasteiger partial charge in [0.1, 0.15) is 0 Å². The number of rotatable bonds is 10. The quantitative estimate of drug-likeness (QED) is 0.362. The molecule has 0 radical (unpaired) electrons. The number of aliphatic hydroxyl groups is 2. The fourth-order valence-electron chi connectivity index (χ4n) is 1.24. The summed E-state index contributed by atoms with van der Waals surface area (Å²) in [6.45, 7) is 2.22. The van der Waals surface area contributed by atoms with Crippen molar-refractivity contribution in [2.75, 3.05) is 26.4 Å². The molecule has 0 aliphatic heterocycles. The average molecular weight is 221 g/mol. The van der Waals surface area contributed by atoms with E-state index in [9.17, 15) is 0 Å². The van der Waals surface area contributed by atoms with Gasteiger partial charge in [0.25, 0.3) is 0 Å². The maximum Gasteiger partial charge on any atom is 0.224 e. The van der Waals surface area contributed by atoms with Gasteiger partial charge in [0.15, 0.2) is 0 Å². The first-order valence-corrected chi connectivity index (χ1v) is 5.47. The molecule has 0 unspecified atom stereocenters. The monoisotopic (exact) mass is 221 g/mol. The van der Waals surface area contributed by atoms with Crippen LogP contribution in [0.25, 0.3) is 0 Å². The van der Waals surface area contributed by atoms with Gasteiger partial charge >= 0.3 is 0 Å². The fraction of sp³-hybridized carbons (Fsp3) is 1.00. The average Bonchev–Trinajstić information content (AvgIpc) is 2.24. The normalized spacial score (nSPS) is 12.0. The predicted octanol–water partition coefficient (Wildman–Crippen LogP) is 0.197. The molecule has 0 aromatic carbocycles. The van der Waals surface area contributed by atoms with E-state index in [1.807, 2.05) is 0 Å². The third-order valence-corrected chi connectivity index (χ3v) is 2.00. The van der Waals surface area contributed by atoms with E-state index >= 15 is 0 Å². The molecule has 0 saturated carbocycles. The van der Waals surface area contributed by atoms with Crippen molar-refractivity contribution in [2.24, 2.45) is 5.73 Å². The number of hydrogen-bond acceptors (Lipinski definition) is 5. The van der Waals surface area contributed by atoms with Crippen LogP contribution in [0.2, 0.25) is 0 Å². The lowest BCUT2D eigenvalue weighted by Gasteiger charge is -2.29. The number of nitrogens with two attached hydrogens (primary N) is 1. The summed E-state index contributed by atoms with van der Waals surface area (Å²) in [4.78, 5) is 0. The Morgan fingerprint density at radius 2 is 1.60 bits per heavy atom. The third-order valence-electron chi connectivity index (χ3n) is 2.00. The van der Waals surface area contributed by atoms with Crippen LogP contribution in [0.3, 0.4) is 0 Å². The molecule has 0 aromatic heterocycles. The maximum absolute atomic E-state index is 8.64. The Balaban J connectivity index is 3.89. The molecule has 0 bridgehead atoms. The Morgan fingerprint density at radius 1 is 1.07 bits per heavy atom. The Bertz CT molecular complexity index is 135. The van der Waals surface area contributed by atoms with E-state index in [0.29, 0.717) is 6.42 Å². The number of ether oxygens (including phenoxy) is 2. The molecule has 0 rings (SSSR count). The summed E-state index contributed by atoms with van der Waals surface area (Å²) < 4.78 is 10.4. The molecule has 5 heteroatoms. The molecule has 5 nitrogen and oxygen atoms in total. The largest absolute Gasteiger partial charge is 0.394 e. The Kier molecular flexibility index (Phi) is 8.94. The van der Waals surface area contributed by atoms with E-state index in [-0.39, 0.29) is 26.4 Å². The molecule has 4 N–H and O–H groups in total. The van der Waals surface area contributed by atoms with E-state index in [2.05, 4.69) is 6.92 Å². The Hall–Kier alpha value is -0.200. The molecule has 0 aliphatic rings. The van der Waals surface area contributed by atoms with Gasteiger partial charge in [-0.1, -0.05) is 19.8 Å². The highest BCUT2D eigenvalue weighted by Gasteiger charge is 2.25. The highest BCUT2D eigenvalue weighted by Crippen LogP contribution is 2.15. The first-order valence-electron chi connectivity index (χ1n) is 5.47. The van der Waals surface area contributed by atoms with Crippen molar-refractivity contribution in [1.29, 1.82) is 0 Å². The second-order valence-electron chi connectivity index (χ2n) is 3.41. The summed E-state index contributed by atoms with van der Waals surface area (Å²) in [5, 5.41) is 17.3. The zero-order valence-electron chi connectivity index (χ0n) is 9.45. The van der Waals surface area contributed by atoms with Gasteiger partial charge in [-0.05, 0) is 6.42 Å².